The lowest BCUT2D eigenvalue weighted by Gasteiger charge is -2.31. The average Bonchev–Trinajstić information content (AvgIpc) is 2.76. The van der Waals surface area contributed by atoms with Crippen LogP contribution in [-0.2, 0) is 9.47 Å². The minimum Gasteiger partial charge on any atom is -0.356 e. The van der Waals surface area contributed by atoms with Gasteiger partial charge in [0.25, 0.3) is 0 Å². The Bertz CT molecular complexity index is 851. The van der Waals surface area contributed by atoms with Crippen LogP contribution in [0.25, 0.3) is 0 Å². The van der Waals surface area contributed by atoms with Crippen LogP contribution in [0.5, 0.6) is 0 Å². The number of ether oxygens (including phenoxy) is 2. The van der Waals surface area contributed by atoms with E-state index in [0.29, 0.717) is 0 Å². The molecule has 0 unspecified atom stereocenters. The van der Waals surface area contributed by atoms with Crippen LogP contribution in [0.3, 0.4) is 0 Å². The molecular weight excluding hydrogens is 387 g/mol. The van der Waals surface area contributed by atoms with Gasteiger partial charge in [-0.15, -0.1) is 0 Å². The van der Waals surface area contributed by atoms with Gasteiger partial charge in [-0.1, -0.05) is 54.6 Å². The molecule has 158 valence electrons. The van der Waals surface area contributed by atoms with Crippen LogP contribution >= 0.6 is 7.26 Å². The molecule has 0 spiro atoms. The molecule has 0 aliphatic carbocycles. The highest BCUT2D eigenvalue weighted by Crippen LogP contribution is 2.58. The molecule has 3 rings (SSSR count). The first kappa shape index (κ1) is 22.7. The molecule has 0 aliphatic rings. The summed E-state index contributed by atoms with van der Waals surface area (Å²) in [5.41, 5.74) is 4.10. The van der Waals surface area contributed by atoms with Gasteiger partial charge >= 0.3 is 0 Å². The lowest BCUT2D eigenvalue weighted by molar-refractivity contribution is -0.106. The third kappa shape index (κ3) is 4.52. The van der Waals surface area contributed by atoms with Gasteiger partial charge < -0.3 is 9.47 Å². The number of rotatable bonds is 9. The molecule has 0 amide bonds. The summed E-state index contributed by atoms with van der Waals surface area (Å²) in [4.78, 5) is 0. The second-order valence-electron chi connectivity index (χ2n) is 7.94. The fourth-order valence-corrected chi connectivity index (χ4v) is 9.76. The maximum Gasteiger partial charge on any atom is 0.156 e. The summed E-state index contributed by atoms with van der Waals surface area (Å²) in [5.74, 6) is 0. The van der Waals surface area contributed by atoms with E-state index in [1.165, 1.54) is 32.6 Å². The molecule has 3 heteroatoms. The van der Waals surface area contributed by atoms with E-state index in [-0.39, 0.29) is 6.29 Å². The molecule has 30 heavy (non-hydrogen) atoms. The van der Waals surface area contributed by atoms with Crippen LogP contribution in [0.4, 0.5) is 0 Å². The molecule has 3 aromatic carbocycles. The predicted molar refractivity (Wildman–Crippen MR) is 131 cm³/mol. The zero-order valence-corrected chi connectivity index (χ0v) is 19.8. The SMILES string of the molecule is COC(CCC[P+](c1ccccc1C)(c1ccccc1C)c1ccccc1C)OC. The molecule has 0 aromatic heterocycles. The predicted octanol–water partition coefficient (Wildman–Crippen LogP) is 5.30. The molecule has 0 heterocycles. The summed E-state index contributed by atoms with van der Waals surface area (Å²) >= 11 is 0. The number of benzene rings is 3. The first-order chi connectivity index (χ1) is 14.5. The Balaban J connectivity index is 2.25. The number of methoxy groups -OCH3 is 2. The summed E-state index contributed by atoms with van der Waals surface area (Å²) in [6, 6.07) is 26.9. The number of hydrogen-bond donors (Lipinski definition) is 0. The molecule has 0 fully saturated rings. The molecule has 0 saturated carbocycles. The van der Waals surface area contributed by atoms with Gasteiger partial charge in [0.1, 0.15) is 23.2 Å². The van der Waals surface area contributed by atoms with E-state index in [1.807, 2.05) is 0 Å². The summed E-state index contributed by atoms with van der Waals surface area (Å²) in [6.45, 7) is 6.77. The summed E-state index contributed by atoms with van der Waals surface area (Å²) in [5, 5.41) is 4.46. The van der Waals surface area contributed by atoms with Crippen LogP contribution in [0.2, 0.25) is 0 Å². The summed E-state index contributed by atoms with van der Waals surface area (Å²) in [7, 11) is 1.59. The van der Waals surface area contributed by atoms with Crippen LogP contribution in [0, 0.1) is 20.8 Å². The lowest BCUT2D eigenvalue weighted by Crippen LogP contribution is -2.37. The van der Waals surface area contributed by atoms with Crippen molar-refractivity contribution in [2.24, 2.45) is 0 Å². The Morgan fingerprint density at radius 1 is 0.633 bits per heavy atom. The van der Waals surface area contributed by atoms with Crippen molar-refractivity contribution in [2.45, 2.75) is 39.9 Å². The van der Waals surface area contributed by atoms with Crippen LogP contribution < -0.4 is 15.9 Å². The van der Waals surface area contributed by atoms with Gasteiger partial charge in [-0.2, -0.15) is 0 Å². The molecule has 2 nitrogen and oxygen atoms in total. The van der Waals surface area contributed by atoms with Crippen molar-refractivity contribution in [2.75, 3.05) is 20.4 Å². The van der Waals surface area contributed by atoms with Gasteiger partial charge in [0.15, 0.2) is 6.29 Å². The largest absolute Gasteiger partial charge is 0.356 e. The van der Waals surface area contributed by atoms with Crippen molar-refractivity contribution in [3.8, 4) is 0 Å². The molecule has 0 radical (unpaired) electrons. The van der Waals surface area contributed by atoms with Gasteiger partial charge in [0.2, 0.25) is 0 Å². The molecule has 0 N–H and O–H groups in total. The van der Waals surface area contributed by atoms with E-state index in [0.717, 1.165) is 19.0 Å². The van der Waals surface area contributed by atoms with Crippen molar-refractivity contribution in [3.05, 3.63) is 89.5 Å². The van der Waals surface area contributed by atoms with Gasteiger partial charge in [-0.05, 0) is 62.1 Å². The minimum absolute atomic E-state index is 0.155. The molecule has 0 bridgehead atoms. The van der Waals surface area contributed by atoms with E-state index in [1.54, 1.807) is 14.2 Å². The van der Waals surface area contributed by atoms with Crippen molar-refractivity contribution >= 4 is 23.2 Å². The second kappa shape index (κ2) is 10.4. The topological polar surface area (TPSA) is 18.5 Å². The smallest absolute Gasteiger partial charge is 0.156 e. The standard InChI is InChI=1S/C27H34O2P/c1-21-13-6-9-16-24(21)30(20-12-19-27(28-4)29-5,25-17-10-7-14-22(25)2)26-18-11-8-15-23(26)3/h6-11,13-18,27H,12,19-20H2,1-5H3/q+1. The van der Waals surface area contributed by atoms with Crippen molar-refractivity contribution in [3.63, 3.8) is 0 Å². The first-order valence-electron chi connectivity index (χ1n) is 10.7. The maximum atomic E-state index is 5.49. The lowest BCUT2D eigenvalue weighted by atomic mass is 10.2. The highest BCUT2D eigenvalue weighted by atomic mass is 31.2. The van der Waals surface area contributed by atoms with Crippen molar-refractivity contribution in [1.29, 1.82) is 0 Å². The zero-order valence-electron chi connectivity index (χ0n) is 18.9. The third-order valence-corrected chi connectivity index (χ3v) is 11.0. The molecule has 0 saturated heterocycles. The maximum absolute atomic E-state index is 5.49. The fourth-order valence-electron chi connectivity index (χ4n) is 4.55. The molecule has 0 atom stereocenters. The average molecular weight is 422 g/mol. The van der Waals surface area contributed by atoms with E-state index < -0.39 is 7.26 Å². The third-order valence-electron chi connectivity index (χ3n) is 6.04. The Hall–Kier alpha value is -1.99. The quantitative estimate of drug-likeness (QED) is 0.345. The Labute approximate surface area is 182 Å². The minimum atomic E-state index is -1.85. The summed E-state index contributed by atoms with van der Waals surface area (Å²) in [6.07, 6.45) is 2.87. The second-order valence-corrected chi connectivity index (χ2v) is 11.4. The Morgan fingerprint density at radius 2 is 1.00 bits per heavy atom. The summed E-state index contributed by atoms with van der Waals surface area (Å²) < 4.78 is 11.0. The highest BCUT2D eigenvalue weighted by molar-refractivity contribution is 7.96. The molecule has 3 aromatic rings. The number of hydrogen-bond acceptors (Lipinski definition) is 2. The number of aryl methyl sites for hydroxylation is 3. The van der Waals surface area contributed by atoms with Crippen LogP contribution in [0.15, 0.2) is 72.8 Å². The van der Waals surface area contributed by atoms with Crippen molar-refractivity contribution < 1.29 is 9.47 Å². The fraction of sp³-hybridized carbons (Fsp3) is 0.333. The van der Waals surface area contributed by atoms with Crippen molar-refractivity contribution in [1.82, 2.24) is 0 Å². The van der Waals surface area contributed by atoms with Gasteiger partial charge in [0, 0.05) is 20.6 Å². The van der Waals surface area contributed by atoms with Gasteiger partial charge in [-0.3, -0.25) is 0 Å². The van der Waals surface area contributed by atoms with Gasteiger partial charge in [0.05, 0.1) is 6.16 Å². The van der Waals surface area contributed by atoms with E-state index in [2.05, 4.69) is 93.6 Å². The van der Waals surface area contributed by atoms with Crippen LogP contribution in [0.1, 0.15) is 29.5 Å². The zero-order chi connectivity index (χ0) is 21.6. The monoisotopic (exact) mass is 421 g/mol. The van der Waals surface area contributed by atoms with E-state index in [9.17, 15) is 0 Å². The Kier molecular flexibility index (Phi) is 7.83. The van der Waals surface area contributed by atoms with Gasteiger partial charge in [-0.25, -0.2) is 0 Å². The first-order valence-corrected chi connectivity index (χ1v) is 12.6. The molecular formula is C27H34O2P+. The normalized spacial score (nSPS) is 11.8. The van der Waals surface area contributed by atoms with E-state index in [4.69, 9.17) is 9.47 Å². The Morgan fingerprint density at radius 3 is 1.33 bits per heavy atom. The van der Waals surface area contributed by atoms with E-state index >= 15 is 0 Å². The van der Waals surface area contributed by atoms with Crippen LogP contribution in [-0.4, -0.2) is 26.7 Å². The molecule has 0 aliphatic heterocycles. The highest BCUT2D eigenvalue weighted by Gasteiger charge is 2.47.